The lowest BCUT2D eigenvalue weighted by atomic mass is 9.93. The first-order chi connectivity index (χ1) is 13.9. The van der Waals surface area contributed by atoms with Gasteiger partial charge in [0, 0.05) is 18.5 Å². The fourth-order valence-corrected chi connectivity index (χ4v) is 2.79. The molecule has 3 rings (SSSR count). The van der Waals surface area contributed by atoms with Gasteiger partial charge in [-0.1, -0.05) is 13.8 Å². The quantitative estimate of drug-likeness (QED) is 0.730. The number of guanidine groups is 1. The summed E-state index contributed by atoms with van der Waals surface area (Å²) in [6.45, 7) is 6.17. The van der Waals surface area contributed by atoms with Crippen molar-refractivity contribution in [1.82, 2.24) is 15.3 Å². The monoisotopic (exact) mass is 401 g/mol. The Hall–Kier alpha value is -3.23. The molecule has 1 aliphatic rings. The fraction of sp³-hybridized carbons (Fsp3) is 0.450. The van der Waals surface area contributed by atoms with E-state index in [4.69, 9.17) is 18.9 Å². The van der Waals surface area contributed by atoms with Crippen LogP contribution in [0.15, 0.2) is 29.5 Å². The van der Waals surface area contributed by atoms with Crippen molar-refractivity contribution in [2.75, 3.05) is 39.7 Å². The first kappa shape index (κ1) is 20.5. The van der Waals surface area contributed by atoms with E-state index in [1.807, 2.05) is 12.1 Å². The van der Waals surface area contributed by atoms with E-state index < -0.39 is 0 Å². The first-order valence-corrected chi connectivity index (χ1v) is 9.23. The zero-order valence-electron chi connectivity index (χ0n) is 17.4. The highest BCUT2D eigenvalue weighted by molar-refractivity contribution is 5.93. The lowest BCUT2D eigenvalue weighted by Gasteiger charge is -2.29. The fourth-order valence-electron chi connectivity index (χ4n) is 2.79. The maximum absolute atomic E-state index is 5.80. The van der Waals surface area contributed by atoms with E-state index in [-0.39, 0.29) is 12.0 Å². The predicted octanol–water partition coefficient (Wildman–Crippen LogP) is 2.48. The van der Waals surface area contributed by atoms with Gasteiger partial charge in [0.25, 0.3) is 0 Å². The van der Waals surface area contributed by atoms with Gasteiger partial charge in [-0.3, -0.25) is 9.98 Å². The number of aliphatic imine (C=N–C) groups is 1. The third kappa shape index (κ3) is 5.18. The molecule has 0 saturated heterocycles. The summed E-state index contributed by atoms with van der Waals surface area (Å²) >= 11 is 0. The van der Waals surface area contributed by atoms with Gasteiger partial charge in [-0.05, 0) is 17.7 Å². The second-order valence-electron chi connectivity index (χ2n) is 7.37. The largest absolute Gasteiger partial charge is 0.493 e. The van der Waals surface area contributed by atoms with E-state index >= 15 is 0 Å². The molecule has 9 nitrogen and oxygen atoms in total. The van der Waals surface area contributed by atoms with Gasteiger partial charge in [-0.2, -0.15) is 4.98 Å². The second kappa shape index (κ2) is 8.85. The second-order valence-corrected chi connectivity index (χ2v) is 7.37. The lowest BCUT2D eigenvalue weighted by Crippen LogP contribution is -2.44. The van der Waals surface area contributed by atoms with Gasteiger partial charge in [-0.15, -0.1) is 0 Å². The zero-order valence-corrected chi connectivity index (χ0v) is 17.4. The minimum atomic E-state index is 0.141. The lowest BCUT2D eigenvalue weighted by molar-refractivity contribution is 0.288. The molecule has 0 unspecified atom stereocenters. The van der Waals surface area contributed by atoms with Crippen LogP contribution in [0.25, 0.3) is 0 Å². The molecule has 0 saturated carbocycles. The number of rotatable bonds is 7. The maximum atomic E-state index is 5.80. The van der Waals surface area contributed by atoms with E-state index in [2.05, 4.69) is 39.4 Å². The number of nitrogens with one attached hydrogen (secondary N) is 2. The van der Waals surface area contributed by atoms with E-state index in [0.29, 0.717) is 34.9 Å². The predicted molar refractivity (Wildman–Crippen MR) is 110 cm³/mol. The van der Waals surface area contributed by atoms with E-state index in [1.165, 1.54) is 0 Å². The molecular formula is C20H27N5O4. The average Bonchev–Trinajstić information content (AvgIpc) is 2.73. The topological polar surface area (TPSA) is 99.1 Å². The molecule has 2 N–H and O–H groups in total. The van der Waals surface area contributed by atoms with Gasteiger partial charge in [-0.25, -0.2) is 0 Å². The SMILES string of the molecule is COc1cc(COc2cncc(NC3=NCC(C)(C)CN3)n2)cc(OC)c1OC. The number of hydrogen-bond donors (Lipinski definition) is 2. The molecule has 156 valence electrons. The Morgan fingerprint density at radius 1 is 1.07 bits per heavy atom. The number of aromatic nitrogens is 2. The summed E-state index contributed by atoms with van der Waals surface area (Å²) in [5.74, 6) is 3.29. The summed E-state index contributed by atoms with van der Waals surface area (Å²) in [5, 5.41) is 6.40. The van der Waals surface area contributed by atoms with Gasteiger partial charge in [0.2, 0.25) is 11.6 Å². The molecule has 1 aromatic heterocycles. The van der Waals surface area contributed by atoms with Gasteiger partial charge in [0.15, 0.2) is 23.3 Å². The zero-order chi connectivity index (χ0) is 20.9. The highest BCUT2D eigenvalue weighted by atomic mass is 16.5. The number of anilines is 1. The van der Waals surface area contributed by atoms with Crippen molar-refractivity contribution < 1.29 is 18.9 Å². The molecule has 0 bridgehead atoms. The van der Waals surface area contributed by atoms with Crippen LogP contribution >= 0.6 is 0 Å². The smallest absolute Gasteiger partial charge is 0.234 e. The standard InChI is InChI=1S/C20H27N5O4/c1-20(2)11-22-19(23-12-20)25-16-8-21-9-17(24-16)29-10-13-6-14(26-3)18(28-5)15(7-13)27-4/h6-9H,10-12H2,1-5H3,(H2,22,23,24,25). The van der Waals surface area contributed by atoms with Crippen molar-refractivity contribution in [3.63, 3.8) is 0 Å². The first-order valence-electron chi connectivity index (χ1n) is 9.23. The molecule has 0 amide bonds. The van der Waals surface area contributed by atoms with E-state index in [1.54, 1.807) is 33.7 Å². The molecule has 2 aromatic rings. The Labute approximate surface area is 170 Å². The third-order valence-electron chi connectivity index (χ3n) is 4.37. The molecule has 2 heterocycles. The Morgan fingerprint density at radius 2 is 1.79 bits per heavy atom. The summed E-state index contributed by atoms with van der Waals surface area (Å²) in [4.78, 5) is 13.1. The molecule has 0 radical (unpaired) electrons. The minimum absolute atomic E-state index is 0.141. The van der Waals surface area contributed by atoms with Gasteiger partial charge in [0.1, 0.15) is 6.61 Å². The van der Waals surface area contributed by atoms with Crippen molar-refractivity contribution in [2.45, 2.75) is 20.5 Å². The number of hydrogen-bond acceptors (Lipinski definition) is 9. The van der Waals surface area contributed by atoms with Crippen LogP contribution in [0.1, 0.15) is 19.4 Å². The van der Waals surface area contributed by atoms with Crippen molar-refractivity contribution >= 4 is 11.8 Å². The summed E-state index contributed by atoms with van der Waals surface area (Å²) in [6.07, 6.45) is 3.18. The van der Waals surface area contributed by atoms with Crippen LogP contribution in [0, 0.1) is 5.41 Å². The van der Waals surface area contributed by atoms with Crippen LogP contribution in [-0.2, 0) is 6.61 Å². The Balaban J connectivity index is 1.67. The minimum Gasteiger partial charge on any atom is -0.493 e. The van der Waals surface area contributed by atoms with Crippen LogP contribution in [0.5, 0.6) is 23.1 Å². The summed E-state index contributed by atoms with van der Waals surface area (Å²) in [5.41, 5.74) is 0.989. The van der Waals surface area contributed by atoms with Crippen LogP contribution in [-0.4, -0.2) is 50.3 Å². The van der Waals surface area contributed by atoms with Gasteiger partial charge in [0.05, 0.1) is 33.7 Å². The van der Waals surface area contributed by atoms with Gasteiger partial charge >= 0.3 is 0 Å². The van der Waals surface area contributed by atoms with Crippen molar-refractivity contribution in [3.8, 4) is 23.1 Å². The molecule has 0 aliphatic carbocycles. The molecule has 0 atom stereocenters. The highest BCUT2D eigenvalue weighted by Gasteiger charge is 2.22. The molecular weight excluding hydrogens is 374 g/mol. The Kier molecular flexibility index (Phi) is 6.26. The van der Waals surface area contributed by atoms with Crippen LogP contribution in [0.2, 0.25) is 0 Å². The maximum Gasteiger partial charge on any atom is 0.234 e. The van der Waals surface area contributed by atoms with Crippen molar-refractivity contribution in [2.24, 2.45) is 10.4 Å². The van der Waals surface area contributed by atoms with Crippen molar-refractivity contribution in [3.05, 3.63) is 30.1 Å². The molecule has 29 heavy (non-hydrogen) atoms. The summed E-state index contributed by atoms with van der Waals surface area (Å²) < 4.78 is 21.9. The third-order valence-corrected chi connectivity index (χ3v) is 4.37. The van der Waals surface area contributed by atoms with E-state index in [0.717, 1.165) is 18.7 Å². The molecule has 1 aromatic carbocycles. The summed E-state index contributed by atoms with van der Waals surface area (Å²) in [7, 11) is 4.72. The number of ether oxygens (including phenoxy) is 4. The Bertz CT molecular complexity index is 860. The normalized spacial score (nSPS) is 15.0. The molecule has 0 spiro atoms. The van der Waals surface area contributed by atoms with Crippen molar-refractivity contribution in [1.29, 1.82) is 0 Å². The van der Waals surface area contributed by atoms with Crippen LogP contribution in [0.4, 0.5) is 5.82 Å². The Morgan fingerprint density at radius 3 is 2.38 bits per heavy atom. The number of benzene rings is 1. The summed E-state index contributed by atoms with van der Waals surface area (Å²) in [6, 6.07) is 3.67. The molecule has 9 heteroatoms. The van der Waals surface area contributed by atoms with Crippen LogP contribution in [0.3, 0.4) is 0 Å². The molecule has 0 fully saturated rings. The van der Waals surface area contributed by atoms with Gasteiger partial charge < -0.3 is 29.6 Å². The number of nitrogens with zero attached hydrogens (tertiary/aromatic N) is 3. The van der Waals surface area contributed by atoms with Crippen LogP contribution < -0.4 is 29.6 Å². The highest BCUT2D eigenvalue weighted by Crippen LogP contribution is 2.38. The molecule has 1 aliphatic heterocycles. The average molecular weight is 401 g/mol. The number of methoxy groups -OCH3 is 3. The van der Waals surface area contributed by atoms with E-state index in [9.17, 15) is 0 Å².